The summed E-state index contributed by atoms with van der Waals surface area (Å²) in [5, 5.41) is 3.04. The molecule has 0 aromatic heterocycles. The van der Waals surface area contributed by atoms with E-state index in [4.69, 9.17) is 0 Å². The van der Waals surface area contributed by atoms with Crippen LogP contribution in [-0.4, -0.2) is 43.8 Å². The zero-order valence-corrected chi connectivity index (χ0v) is 25.0. The monoisotopic (exact) mass is 615 g/mol. The Morgan fingerprint density at radius 1 is 0.953 bits per heavy atom. The number of carbonyl (C=O) groups excluding carboxylic acids is 2. The van der Waals surface area contributed by atoms with Crippen LogP contribution in [0.3, 0.4) is 0 Å². The molecule has 43 heavy (non-hydrogen) atoms. The first-order valence-electron chi connectivity index (χ1n) is 14.3. The fourth-order valence-corrected chi connectivity index (χ4v) is 6.69. The van der Waals surface area contributed by atoms with E-state index in [0.717, 1.165) is 48.9 Å². The summed E-state index contributed by atoms with van der Waals surface area (Å²) in [5.41, 5.74) is 0.357. The minimum Gasteiger partial charge on any atom is -0.352 e. The molecule has 1 atom stereocenters. The number of alkyl halides is 3. The van der Waals surface area contributed by atoms with Crippen LogP contribution in [0.15, 0.2) is 83.8 Å². The van der Waals surface area contributed by atoms with Crippen molar-refractivity contribution in [1.82, 2.24) is 10.2 Å². The summed E-state index contributed by atoms with van der Waals surface area (Å²) in [7, 11) is -4.48. The number of rotatable bonds is 11. The molecule has 0 bridgehead atoms. The van der Waals surface area contributed by atoms with Crippen molar-refractivity contribution < 1.29 is 31.2 Å². The molecule has 2 amide bonds. The van der Waals surface area contributed by atoms with E-state index < -0.39 is 40.3 Å². The molecule has 0 spiro atoms. The van der Waals surface area contributed by atoms with Crippen molar-refractivity contribution in [3.05, 3.63) is 95.6 Å². The molecular formula is C32H36F3N3O4S. The lowest BCUT2D eigenvalue weighted by Crippen LogP contribution is -2.53. The molecule has 7 nitrogen and oxygen atoms in total. The van der Waals surface area contributed by atoms with Gasteiger partial charge in [-0.15, -0.1) is 0 Å². The SMILES string of the molecule is CC[C@@H](C(=O)NC1CCCC1)N(Cc1ccc(C)cc1)C(=O)CN(c1cccc(C(F)(F)F)c1)S(=O)(=O)c1ccccc1. The molecule has 0 radical (unpaired) electrons. The van der Waals surface area contributed by atoms with Gasteiger partial charge in [-0.25, -0.2) is 8.42 Å². The number of nitrogens with zero attached hydrogens (tertiary/aromatic N) is 2. The van der Waals surface area contributed by atoms with E-state index in [2.05, 4.69) is 5.32 Å². The standard InChI is InChI=1S/C32H36F3N3O4S/c1-3-29(31(40)36-26-11-7-8-12-26)37(21-24-18-16-23(2)17-19-24)30(39)22-38(43(41,42)28-14-5-4-6-15-28)27-13-9-10-25(20-27)32(33,34)35/h4-6,9-10,13-20,26,29H,3,7-8,11-12,21-22H2,1-2H3,(H,36,40)/t29-/m0/s1. The molecule has 11 heteroatoms. The van der Waals surface area contributed by atoms with Crippen LogP contribution in [0.1, 0.15) is 55.7 Å². The maximum Gasteiger partial charge on any atom is 0.416 e. The van der Waals surface area contributed by atoms with Crippen molar-refractivity contribution in [2.45, 2.75) is 75.7 Å². The largest absolute Gasteiger partial charge is 0.416 e. The number of aryl methyl sites for hydroxylation is 1. The highest BCUT2D eigenvalue weighted by atomic mass is 32.2. The maximum atomic E-state index is 14.1. The van der Waals surface area contributed by atoms with Gasteiger partial charge in [-0.05, 0) is 62.1 Å². The van der Waals surface area contributed by atoms with Crippen molar-refractivity contribution in [2.75, 3.05) is 10.8 Å². The van der Waals surface area contributed by atoms with Gasteiger partial charge < -0.3 is 10.2 Å². The van der Waals surface area contributed by atoms with Crippen LogP contribution >= 0.6 is 0 Å². The first-order chi connectivity index (χ1) is 20.4. The normalized spacial score (nSPS) is 14.7. The van der Waals surface area contributed by atoms with Gasteiger partial charge in [0.1, 0.15) is 12.6 Å². The second-order valence-corrected chi connectivity index (χ2v) is 12.7. The molecular weight excluding hydrogens is 579 g/mol. The fourth-order valence-electron chi connectivity index (χ4n) is 5.26. The van der Waals surface area contributed by atoms with E-state index in [1.165, 1.54) is 35.2 Å². The molecule has 3 aromatic rings. The van der Waals surface area contributed by atoms with Crippen LogP contribution in [0.4, 0.5) is 18.9 Å². The number of hydrogen-bond acceptors (Lipinski definition) is 4. The number of halogens is 3. The van der Waals surface area contributed by atoms with E-state index in [0.29, 0.717) is 10.4 Å². The number of carbonyl (C=O) groups is 2. The molecule has 3 aromatic carbocycles. The third-order valence-electron chi connectivity index (χ3n) is 7.63. The number of anilines is 1. The van der Waals surface area contributed by atoms with Crippen molar-refractivity contribution in [2.24, 2.45) is 0 Å². The predicted octanol–water partition coefficient (Wildman–Crippen LogP) is 6.08. The summed E-state index contributed by atoms with van der Waals surface area (Å²) in [6.07, 6.45) is -0.802. The first kappa shape index (κ1) is 32.1. The van der Waals surface area contributed by atoms with Crippen LogP contribution < -0.4 is 9.62 Å². The van der Waals surface area contributed by atoms with Crippen LogP contribution in [0.5, 0.6) is 0 Å². The van der Waals surface area contributed by atoms with E-state index >= 15 is 0 Å². The highest BCUT2D eigenvalue weighted by Crippen LogP contribution is 2.33. The van der Waals surface area contributed by atoms with Crippen molar-refractivity contribution in [3.8, 4) is 0 Å². The van der Waals surface area contributed by atoms with Crippen molar-refractivity contribution in [1.29, 1.82) is 0 Å². The lowest BCUT2D eigenvalue weighted by molar-refractivity contribution is -0.140. The van der Waals surface area contributed by atoms with E-state index in [1.54, 1.807) is 13.0 Å². The Kier molecular flexibility index (Phi) is 10.2. The average molecular weight is 616 g/mol. The van der Waals surface area contributed by atoms with Gasteiger partial charge in [-0.1, -0.05) is 73.9 Å². The molecule has 1 aliphatic carbocycles. The molecule has 4 rings (SSSR count). The Morgan fingerprint density at radius 2 is 1.60 bits per heavy atom. The van der Waals surface area contributed by atoms with Gasteiger partial charge in [0.05, 0.1) is 16.1 Å². The Hall–Kier alpha value is -3.86. The van der Waals surface area contributed by atoms with Crippen LogP contribution in [0.2, 0.25) is 0 Å². The molecule has 0 saturated heterocycles. The Bertz CT molecular complexity index is 1510. The minimum absolute atomic E-state index is 0.00191. The predicted molar refractivity (Wildman–Crippen MR) is 159 cm³/mol. The fraction of sp³-hybridized carbons (Fsp3) is 0.375. The first-order valence-corrected chi connectivity index (χ1v) is 15.7. The van der Waals surface area contributed by atoms with Crippen molar-refractivity contribution in [3.63, 3.8) is 0 Å². The van der Waals surface area contributed by atoms with Gasteiger partial charge in [0, 0.05) is 12.6 Å². The van der Waals surface area contributed by atoms with Gasteiger partial charge in [-0.2, -0.15) is 13.2 Å². The zero-order valence-electron chi connectivity index (χ0n) is 24.2. The summed E-state index contributed by atoms with van der Waals surface area (Å²) in [6.45, 7) is 2.88. The molecule has 0 aliphatic heterocycles. The van der Waals surface area contributed by atoms with Gasteiger partial charge in [-0.3, -0.25) is 13.9 Å². The van der Waals surface area contributed by atoms with Crippen LogP contribution in [0, 0.1) is 6.92 Å². The quantitative estimate of drug-likeness (QED) is 0.284. The van der Waals surface area contributed by atoms with E-state index in [1.807, 2.05) is 31.2 Å². The lowest BCUT2D eigenvalue weighted by Gasteiger charge is -2.34. The molecule has 1 saturated carbocycles. The smallest absolute Gasteiger partial charge is 0.352 e. The number of amides is 2. The maximum absolute atomic E-state index is 14.1. The van der Waals surface area contributed by atoms with Gasteiger partial charge in [0.25, 0.3) is 10.0 Å². The molecule has 0 unspecified atom stereocenters. The molecule has 0 heterocycles. The Labute approximate surface area is 250 Å². The third kappa shape index (κ3) is 7.95. The van der Waals surface area contributed by atoms with Gasteiger partial charge in [0.15, 0.2) is 0 Å². The summed E-state index contributed by atoms with van der Waals surface area (Å²) in [5.74, 6) is -1.06. The average Bonchev–Trinajstić information content (AvgIpc) is 3.49. The molecule has 1 N–H and O–H groups in total. The van der Waals surface area contributed by atoms with E-state index in [-0.39, 0.29) is 35.5 Å². The summed E-state index contributed by atoms with van der Waals surface area (Å²) in [6, 6.07) is 17.5. The molecule has 1 aliphatic rings. The van der Waals surface area contributed by atoms with Crippen molar-refractivity contribution >= 4 is 27.5 Å². The lowest BCUT2D eigenvalue weighted by atomic mass is 10.1. The number of benzene rings is 3. The second-order valence-electron chi connectivity index (χ2n) is 10.8. The second kappa shape index (κ2) is 13.6. The van der Waals surface area contributed by atoms with Gasteiger partial charge >= 0.3 is 6.18 Å². The van der Waals surface area contributed by atoms with E-state index in [9.17, 15) is 31.2 Å². The summed E-state index contributed by atoms with van der Waals surface area (Å²) < 4.78 is 69.3. The number of nitrogens with one attached hydrogen (secondary N) is 1. The summed E-state index contributed by atoms with van der Waals surface area (Å²) >= 11 is 0. The number of sulfonamides is 1. The summed E-state index contributed by atoms with van der Waals surface area (Å²) in [4.78, 5) is 28.8. The highest BCUT2D eigenvalue weighted by Gasteiger charge is 2.36. The topological polar surface area (TPSA) is 86.8 Å². The Balaban J connectivity index is 1.74. The zero-order chi connectivity index (χ0) is 31.2. The molecule has 230 valence electrons. The van der Waals surface area contributed by atoms with Crippen LogP contribution in [-0.2, 0) is 32.3 Å². The number of hydrogen-bond donors (Lipinski definition) is 1. The Morgan fingerprint density at radius 3 is 2.21 bits per heavy atom. The minimum atomic E-state index is -4.73. The van der Waals surface area contributed by atoms with Gasteiger partial charge in [0.2, 0.25) is 11.8 Å². The van der Waals surface area contributed by atoms with Crippen LogP contribution in [0.25, 0.3) is 0 Å². The molecule has 1 fully saturated rings. The highest BCUT2D eigenvalue weighted by molar-refractivity contribution is 7.92. The third-order valence-corrected chi connectivity index (χ3v) is 9.42.